The summed E-state index contributed by atoms with van der Waals surface area (Å²) in [5.41, 5.74) is 3.44. The van der Waals surface area contributed by atoms with E-state index < -0.39 is 10.0 Å². The Morgan fingerprint density at radius 1 is 1.13 bits per heavy atom. The van der Waals surface area contributed by atoms with Crippen molar-refractivity contribution >= 4 is 22.1 Å². The number of benzene rings is 2. The Hall–Kier alpha value is -2.95. The minimum absolute atomic E-state index is 0.152. The normalized spacial score (nSPS) is 15.3. The molecule has 30 heavy (non-hydrogen) atoms. The Balaban J connectivity index is 1.51. The van der Waals surface area contributed by atoms with Crippen LogP contribution in [-0.2, 0) is 26.0 Å². The zero-order chi connectivity index (χ0) is 21.6. The number of carbonyl (C=O) groups excluding carboxylic acids is 1. The average Bonchev–Trinajstić information content (AvgIpc) is 2.76. The number of hydrogen-bond acceptors (Lipinski definition) is 7. The molecule has 0 aromatic heterocycles. The van der Waals surface area contributed by atoms with E-state index in [4.69, 9.17) is 4.74 Å². The molecular formula is C20H23N3O6S. The fourth-order valence-corrected chi connectivity index (χ4v) is 4.31. The van der Waals surface area contributed by atoms with E-state index in [0.29, 0.717) is 32.7 Å². The molecule has 1 heterocycles. The number of morpholine rings is 1. The number of carbonyl (C=O) groups is 1. The predicted molar refractivity (Wildman–Crippen MR) is 110 cm³/mol. The van der Waals surface area contributed by atoms with Gasteiger partial charge in [0, 0.05) is 25.1 Å². The lowest BCUT2D eigenvalue weighted by atomic mass is 10.1. The summed E-state index contributed by atoms with van der Waals surface area (Å²) < 4.78 is 31.8. The van der Waals surface area contributed by atoms with Crippen molar-refractivity contribution in [3.05, 3.63) is 53.6 Å². The zero-order valence-corrected chi connectivity index (χ0v) is 17.0. The monoisotopic (exact) mass is 433 g/mol. The van der Waals surface area contributed by atoms with Crippen LogP contribution in [0.4, 0.5) is 0 Å². The Labute approximate surface area is 174 Å². The van der Waals surface area contributed by atoms with E-state index >= 15 is 0 Å². The van der Waals surface area contributed by atoms with Crippen LogP contribution in [0.1, 0.15) is 17.5 Å². The summed E-state index contributed by atoms with van der Waals surface area (Å²) in [5.74, 6) is -0.928. The van der Waals surface area contributed by atoms with Gasteiger partial charge >= 0.3 is 0 Å². The van der Waals surface area contributed by atoms with Crippen molar-refractivity contribution < 1.29 is 28.2 Å². The Morgan fingerprint density at radius 3 is 2.53 bits per heavy atom. The van der Waals surface area contributed by atoms with Gasteiger partial charge in [0.1, 0.15) is 0 Å². The number of phenolic OH excluding ortho intramolecular Hbond substituents is 2. The predicted octanol–water partition coefficient (Wildman–Crippen LogP) is 1.20. The highest BCUT2D eigenvalue weighted by atomic mass is 32.2. The summed E-state index contributed by atoms with van der Waals surface area (Å²) in [5, 5.41) is 22.9. The van der Waals surface area contributed by atoms with Crippen molar-refractivity contribution in [2.24, 2.45) is 5.10 Å². The molecule has 0 spiro atoms. The molecule has 0 saturated carbocycles. The van der Waals surface area contributed by atoms with Gasteiger partial charge in [-0.05, 0) is 36.2 Å². The Bertz CT molecular complexity index is 1020. The molecule has 1 aliphatic heterocycles. The van der Waals surface area contributed by atoms with E-state index in [0.717, 1.165) is 5.56 Å². The van der Waals surface area contributed by atoms with Crippen LogP contribution in [0, 0.1) is 0 Å². The van der Waals surface area contributed by atoms with Gasteiger partial charge in [0.2, 0.25) is 15.9 Å². The maximum Gasteiger partial charge on any atom is 0.243 e. The van der Waals surface area contributed by atoms with E-state index in [1.54, 1.807) is 30.3 Å². The Kier molecular flexibility index (Phi) is 7.03. The first-order valence-corrected chi connectivity index (χ1v) is 10.8. The molecule has 3 N–H and O–H groups in total. The van der Waals surface area contributed by atoms with Gasteiger partial charge in [0.15, 0.2) is 11.5 Å². The average molecular weight is 433 g/mol. The standard InChI is InChI=1S/C20H23N3O6S/c24-18-3-1-2-16(20(18)26)14-21-22-19(25)9-6-15-4-7-17(8-5-15)30(27,28)23-10-12-29-13-11-23/h1-5,7-8,14,24,26H,6,9-13H2,(H,22,25)/b21-14+. The first kappa shape index (κ1) is 21.8. The molecule has 0 atom stereocenters. The second-order valence-corrected chi connectivity index (χ2v) is 8.61. The SMILES string of the molecule is O=C(CCc1ccc(S(=O)(=O)N2CCOCC2)cc1)N/N=C/c1cccc(O)c1O. The van der Waals surface area contributed by atoms with Crippen molar-refractivity contribution in [2.45, 2.75) is 17.7 Å². The summed E-state index contributed by atoms with van der Waals surface area (Å²) in [6.45, 7) is 1.45. The quantitative estimate of drug-likeness (QED) is 0.342. The molecule has 1 amide bonds. The van der Waals surface area contributed by atoms with Crippen molar-refractivity contribution in [2.75, 3.05) is 26.3 Å². The second-order valence-electron chi connectivity index (χ2n) is 6.67. The highest BCUT2D eigenvalue weighted by Crippen LogP contribution is 2.26. The minimum Gasteiger partial charge on any atom is -0.504 e. The summed E-state index contributed by atoms with van der Waals surface area (Å²) in [4.78, 5) is 12.2. The molecule has 0 bridgehead atoms. The van der Waals surface area contributed by atoms with Crippen LogP contribution in [0.2, 0.25) is 0 Å². The summed E-state index contributed by atoms with van der Waals surface area (Å²) in [6.07, 6.45) is 1.80. The van der Waals surface area contributed by atoms with Crippen molar-refractivity contribution in [3.8, 4) is 11.5 Å². The molecular weight excluding hydrogens is 410 g/mol. The Morgan fingerprint density at radius 2 is 1.83 bits per heavy atom. The number of para-hydroxylation sites is 1. The van der Waals surface area contributed by atoms with E-state index in [1.807, 2.05) is 0 Å². The maximum atomic E-state index is 12.6. The zero-order valence-electron chi connectivity index (χ0n) is 16.2. The molecule has 9 nitrogen and oxygen atoms in total. The highest BCUT2D eigenvalue weighted by molar-refractivity contribution is 7.89. The van der Waals surface area contributed by atoms with Crippen LogP contribution in [0.15, 0.2) is 52.5 Å². The summed E-state index contributed by atoms with van der Waals surface area (Å²) >= 11 is 0. The number of nitrogens with one attached hydrogen (secondary N) is 1. The number of phenols is 2. The third kappa shape index (κ3) is 5.35. The summed E-state index contributed by atoms with van der Waals surface area (Å²) in [7, 11) is -3.54. The van der Waals surface area contributed by atoms with Crippen molar-refractivity contribution in [3.63, 3.8) is 0 Å². The summed E-state index contributed by atoms with van der Waals surface area (Å²) in [6, 6.07) is 10.9. The lowest BCUT2D eigenvalue weighted by Crippen LogP contribution is -2.40. The van der Waals surface area contributed by atoms with Crippen molar-refractivity contribution in [1.29, 1.82) is 0 Å². The molecule has 1 saturated heterocycles. The molecule has 1 aliphatic rings. The molecule has 10 heteroatoms. The van der Waals surface area contributed by atoms with E-state index in [1.165, 1.54) is 22.7 Å². The third-order valence-corrected chi connectivity index (χ3v) is 6.52. The highest BCUT2D eigenvalue weighted by Gasteiger charge is 2.26. The van der Waals surface area contributed by atoms with Gasteiger partial charge in [-0.3, -0.25) is 4.79 Å². The smallest absolute Gasteiger partial charge is 0.243 e. The first-order valence-electron chi connectivity index (χ1n) is 9.37. The van der Waals surface area contributed by atoms with Crippen LogP contribution < -0.4 is 5.43 Å². The van der Waals surface area contributed by atoms with E-state index in [-0.39, 0.29) is 34.3 Å². The van der Waals surface area contributed by atoms with Crippen LogP contribution in [0.5, 0.6) is 11.5 Å². The number of ether oxygens (including phenoxy) is 1. The lowest BCUT2D eigenvalue weighted by molar-refractivity contribution is -0.121. The second kappa shape index (κ2) is 9.70. The molecule has 0 aliphatic carbocycles. The minimum atomic E-state index is -3.54. The molecule has 3 rings (SSSR count). The van der Waals surface area contributed by atoms with Crippen LogP contribution >= 0.6 is 0 Å². The van der Waals surface area contributed by atoms with Gasteiger partial charge in [-0.25, -0.2) is 13.8 Å². The van der Waals surface area contributed by atoms with E-state index in [9.17, 15) is 23.4 Å². The van der Waals surface area contributed by atoms with Crippen molar-refractivity contribution in [1.82, 2.24) is 9.73 Å². The number of amides is 1. The number of hydrogen-bond donors (Lipinski definition) is 3. The van der Waals surface area contributed by atoms with E-state index in [2.05, 4.69) is 10.5 Å². The number of rotatable bonds is 7. The molecule has 160 valence electrons. The van der Waals surface area contributed by atoms with Gasteiger partial charge in [0.05, 0.1) is 24.3 Å². The van der Waals surface area contributed by atoms with Gasteiger partial charge in [-0.1, -0.05) is 18.2 Å². The largest absolute Gasteiger partial charge is 0.504 e. The number of hydrazone groups is 1. The molecule has 0 radical (unpaired) electrons. The number of aromatic hydroxyl groups is 2. The number of aryl methyl sites for hydroxylation is 1. The van der Waals surface area contributed by atoms with Gasteiger partial charge in [-0.15, -0.1) is 0 Å². The maximum absolute atomic E-state index is 12.6. The van der Waals surface area contributed by atoms with Crippen LogP contribution in [0.3, 0.4) is 0 Å². The van der Waals surface area contributed by atoms with Gasteiger partial charge < -0.3 is 14.9 Å². The van der Waals surface area contributed by atoms with Gasteiger partial charge in [-0.2, -0.15) is 9.41 Å². The first-order chi connectivity index (χ1) is 14.4. The number of sulfonamides is 1. The van der Waals surface area contributed by atoms with Crippen LogP contribution in [0.25, 0.3) is 0 Å². The lowest BCUT2D eigenvalue weighted by Gasteiger charge is -2.26. The van der Waals surface area contributed by atoms with Crippen LogP contribution in [-0.4, -0.2) is 61.4 Å². The van der Waals surface area contributed by atoms with Gasteiger partial charge in [0.25, 0.3) is 0 Å². The topological polar surface area (TPSA) is 129 Å². The fourth-order valence-electron chi connectivity index (χ4n) is 2.90. The third-order valence-electron chi connectivity index (χ3n) is 4.61. The molecule has 2 aromatic rings. The molecule has 2 aromatic carbocycles. The number of nitrogens with zero attached hydrogens (tertiary/aromatic N) is 2. The molecule has 1 fully saturated rings. The fraction of sp³-hybridized carbons (Fsp3) is 0.300. The molecule has 0 unspecified atom stereocenters.